The molecule has 0 amide bonds. The lowest BCUT2D eigenvalue weighted by Crippen LogP contribution is -2.33. The molecule has 1 aromatic rings. The van der Waals surface area contributed by atoms with Gasteiger partial charge in [-0.25, -0.2) is 4.79 Å². The van der Waals surface area contributed by atoms with Crippen molar-refractivity contribution in [1.82, 2.24) is 10.1 Å². The van der Waals surface area contributed by atoms with Gasteiger partial charge in [0.05, 0.1) is 12.7 Å². The van der Waals surface area contributed by atoms with Crippen molar-refractivity contribution in [3.63, 3.8) is 0 Å². The molecule has 0 aromatic carbocycles. The second kappa shape index (κ2) is 6.00. The minimum absolute atomic E-state index is 0.186. The predicted molar refractivity (Wildman–Crippen MR) is 66.4 cm³/mol. The molecule has 1 saturated heterocycles. The summed E-state index contributed by atoms with van der Waals surface area (Å²) in [7, 11) is 0. The van der Waals surface area contributed by atoms with Crippen LogP contribution in [0.5, 0.6) is 0 Å². The Morgan fingerprint density at radius 1 is 1.56 bits per heavy atom. The lowest BCUT2D eigenvalue weighted by Gasteiger charge is -2.31. The minimum Gasteiger partial charge on any atom is -0.478 e. The molecule has 2 rings (SSSR count). The van der Waals surface area contributed by atoms with Gasteiger partial charge in [-0.1, -0.05) is 24.9 Å². The molecule has 5 heteroatoms. The first-order valence-electron chi connectivity index (χ1n) is 6.60. The van der Waals surface area contributed by atoms with Gasteiger partial charge in [-0.05, 0) is 31.8 Å². The van der Waals surface area contributed by atoms with Crippen LogP contribution in [0, 0.1) is 5.92 Å². The third kappa shape index (κ3) is 3.10. The molecule has 1 fully saturated rings. The number of rotatable bonds is 5. The summed E-state index contributed by atoms with van der Waals surface area (Å²) in [6.45, 7) is 4.81. The van der Waals surface area contributed by atoms with Gasteiger partial charge in [0.15, 0.2) is 5.76 Å². The monoisotopic (exact) mass is 252 g/mol. The van der Waals surface area contributed by atoms with Crippen molar-refractivity contribution in [3.8, 4) is 0 Å². The fraction of sp³-hybridized carbons (Fsp3) is 0.692. The third-order valence-corrected chi connectivity index (χ3v) is 3.65. The summed E-state index contributed by atoms with van der Waals surface area (Å²) in [5.41, 5.74) is 0.186. The normalized spacial score (nSPS) is 18.1. The molecule has 0 spiro atoms. The molecule has 18 heavy (non-hydrogen) atoms. The Labute approximate surface area is 107 Å². The summed E-state index contributed by atoms with van der Waals surface area (Å²) in [6.07, 6.45) is 6.22. The SMILES string of the molecule is CCCC1CCN(Cc2oncc2C(=O)O)CC1. The lowest BCUT2D eigenvalue weighted by atomic mass is 9.92. The molecule has 1 N–H and O–H groups in total. The number of hydrogen-bond donors (Lipinski definition) is 1. The second-order valence-corrected chi connectivity index (χ2v) is 4.98. The average Bonchev–Trinajstić information content (AvgIpc) is 2.80. The Bertz CT molecular complexity index is 395. The molecule has 0 bridgehead atoms. The van der Waals surface area contributed by atoms with E-state index >= 15 is 0 Å². The number of aromatic nitrogens is 1. The average molecular weight is 252 g/mol. The summed E-state index contributed by atoms with van der Waals surface area (Å²) in [5, 5.41) is 12.5. The van der Waals surface area contributed by atoms with Crippen LogP contribution in [-0.4, -0.2) is 34.2 Å². The van der Waals surface area contributed by atoms with Crippen LogP contribution in [0.25, 0.3) is 0 Å². The molecule has 100 valence electrons. The van der Waals surface area contributed by atoms with E-state index < -0.39 is 5.97 Å². The molecular formula is C13H20N2O3. The number of hydrogen-bond acceptors (Lipinski definition) is 4. The van der Waals surface area contributed by atoms with Crippen LogP contribution in [0.1, 0.15) is 48.7 Å². The predicted octanol–water partition coefficient (Wildman–Crippen LogP) is 2.38. The standard InChI is InChI=1S/C13H20N2O3/c1-2-3-10-4-6-15(7-5-10)9-12-11(13(16)17)8-14-18-12/h8,10H,2-7,9H2,1H3,(H,16,17). The van der Waals surface area contributed by atoms with Crippen molar-refractivity contribution >= 4 is 5.97 Å². The van der Waals surface area contributed by atoms with Crippen LogP contribution in [0.2, 0.25) is 0 Å². The highest BCUT2D eigenvalue weighted by Crippen LogP contribution is 2.23. The molecular weight excluding hydrogens is 232 g/mol. The maximum absolute atomic E-state index is 10.9. The topological polar surface area (TPSA) is 66.6 Å². The molecule has 0 saturated carbocycles. The Morgan fingerprint density at radius 3 is 2.89 bits per heavy atom. The Hall–Kier alpha value is -1.36. The van der Waals surface area contributed by atoms with Crippen LogP contribution in [-0.2, 0) is 6.54 Å². The minimum atomic E-state index is -0.966. The van der Waals surface area contributed by atoms with E-state index in [0.29, 0.717) is 12.3 Å². The number of likely N-dealkylation sites (tertiary alicyclic amines) is 1. The van der Waals surface area contributed by atoms with Crippen molar-refractivity contribution in [2.24, 2.45) is 5.92 Å². The van der Waals surface area contributed by atoms with E-state index in [1.807, 2.05) is 0 Å². The van der Waals surface area contributed by atoms with E-state index in [-0.39, 0.29) is 5.56 Å². The highest BCUT2D eigenvalue weighted by atomic mass is 16.5. The number of carboxylic acids is 1. The Balaban J connectivity index is 1.88. The van der Waals surface area contributed by atoms with Gasteiger partial charge in [-0.15, -0.1) is 0 Å². The number of carboxylic acid groups (broad SMARTS) is 1. The van der Waals surface area contributed by atoms with Crippen LogP contribution < -0.4 is 0 Å². The maximum Gasteiger partial charge on any atom is 0.341 e. The molecule has 0 radical (unpaired) electrons. The molecule has 0 aliphatic carbocycles. The van der Waals surface area contributed by atoms with Crippen molar-refractivity contribution in [2.45, 2.75) is 39.2 Å². The number of nitrogens with zero attached hydrogens (tertiary/aromatic N) is 2. The van der Waals surface area contributed by atoms with Crippen molar-refractivity contribution in [1.29, 1.82) is 0 Å². The zero-order chi connectivity index (χ0) is 13.0. The summed E-state index contributed by atoms with van der Waals surface area (Å²) >= 11 is 0. The molecule has 5 nitrogen and oxygen atoms in total. The van der Waals surface area contributed by atoms with Crippen LogP contribution >= 0.6 is 0 Å². The molecule has 1 aromatic heterocycles. The smallest absolute Gasteiger partial charge is 0.341 e. The van der Waals surface area contributed by atoms with Crippen molar-refractivity contribution < 1.29 is 14.4 Å². The van der Waals surface area contributed by atoms with E-state index in [0.717, 1.165) is 19.0 Å². The Morgan fingerprint density at radius 2 is 2.28 bits per heavy atom. The van der Waals surface area contributed by atoms with Crippen molar-refractivity contribution in [2.75, 3.05) is 13.1 Å². The van der Waals surface area contributed by atoms with Crippen LogP contribution in [0.3, 0.4) is 0 Å². The first-order valence-corrected chi connectivity index (χ1v) is 6.60. The number of carbonyl (C=O) groups is 1. The van der Waals surface area contributed by atoms with Gasteiger partial charge in [0.1, 0.15) is 5.56 Å². The van der Waals surface area contributed by atoms with Gasteiger partial charge in [0.2, 0.25) is 0 Å². The zero-order valence-electron chi connectivity index (χ0n) is 10.8. The summed E-state index contributed by atoms with van der Waals surface area (Å²) < 4.78 is 5.03. The highest BCUT2D eigenvalue weighted by Gasteiger charge is 2.22. The first-order chi connectivity index (χ1) is 8.70. The van der Waals surface area contributed by atoms with Gasteiger partial charge in [-0.3, -0.25) is 4.90 Å². The van der Waals surface area contributed by atoms with Gasteiger partial charge >= 0.3 is 5.97 Å². The van der Waals surface area contributed by atoms with Gasteiger partial charge in [0.25, 0.3) is 0 Å². The Kier molecular flexibility index (Phi) is 4.36. The molecule has 0 unspecified atom stereocenters. The van der Waals surface area contributed by atoms with Gasteiger partial charge < -0.3 is 9.63 Å². The highest BCUT2D eigenvalue weighted by molar-refractivity contribution is 5.88. The van der Waals surface area contributed by atoms with E-state index in [4.69, 9.17) is 9.63 Å². The largest absolute Gasteiger partial charge is 0.478 e. The summed E-state index contributed by atoms with van der Waals surface area (Å²) in [5.74, 6) is 0.337. The number of piperidine rings is 1. The van der Waals surface area contributed by atoms with Crippen LogP contribution in [0.15, 0.2) is 10.7 Å². The zero-order valence-corrected chi connectivity index (χ0v) is 10.8. The summed E-state index contributed by atoms with van der Waals surface area (Å²) in [6, 6.07) is 0. The van der Waals surface area contributed by atoms with Crippen LogP contribution in [0.4, 0.5) is 0 Å². The van der Waals surface area contributed by atoms with E-state index in [9.17, 15) is 4.79 Å². The van der Waals surface area contributed by atoms with E-state index in [1.165, 1.54) is 31.9 Å². The maximum atomic E-state index is 10.9. The molecule has 2 heterocycles. The van der Waals surface area contributed by atoms with Gasteiger partial charge in [-0.2, -0.15) is 0 Å². The first kappa shape index (κ1) is 13.1. The lowest BCUT2D eigenvalue weighted by molar-refractivity contribution is 0.0691. The third-order valence-electron chi connectivity index (χ3n) is 3.65. The quantitative estimate of drug-likeness (QED) is 0.871. The molecule has 1 aliphatic rings. The molecule has 1 aliphatic heterocycles. The summed E-state index contributed by atoms with van der Waals surface area (Å²) in [4.78, 5) is 13.2. The van der Waals surface area contributed by atoms with Crippen molar-refractivity contribution in [3.05, 3.63) is 17.5 Å². The van der Waals surface area contributed by atoms with E-state index in [2.05, 4.69) is 17.0 Å². The fourth-order valence-electron chi connectivity index (χ4n) is 2.60. The van der Waals surface area contributed by atoms with Gasteiger partial charge in [0, 0.05) is 0 Å². The number of aromatic carboxylic acids is 1. The second-order valence-electron chi connectivity index (χ2n) is 4.98. The van der Waals surface area contributed by atoms with E-state index in [1.54, 1.807) is 0 Å². The molecule has 0 atom stereocenters. The fourth-order valence-corrected chi connectivity index (χ4v) is 2.60.